The highest BCUT2D eigenvalue weighted by Crippen LogP contribution is 2.05. The highest BCUT2D eigenvalue weighted by atomic mass is 17.2. The summed E-state index contributed by atoms with van der Waals surface area (Å²) in [7, 11) is 0. The molecule has 0 aromatic carbocycles. The Kier molecular flexibility index (Phi) is 5.69. The van der Waals surface area contributed by atoms with Crippen LogP contribution < -0.4 is 5.32 Å². The van der Waals surface area contributed by atoms with Gasteiger partial charge in [-0.25, -0.2) is 9.59 Å². The van der Waals surface area contributed by atoms with Crippen molar-refractivity contribution in [1.29, 1.82) is 0 Å². The minimum absolute atomic E-state index is 0.0822. The predicted octanol–water partition coefficient (Wildman–Crippen LogP) is 1.01. The normalized spacial score (nSPS) is 10.7. The summed E-state index contributed by atoms with van der Waals surface area (Å²) in [6, 6.07) is 0. The molecule has 0 fully saturated rings. The molecule has 0 aliphatic heterocycles. The molecule has 0 aromatic rings. The Balaban J connectivity index is 3.44. The lowest BCUT2D eigenvalue weighted by Crippen LogP contribution is -2.34. The summed E-state index contributed by atoms with van der Waals surface area (Å²) in [4.78, 5) is 30.0. The van der Waals surface area contributed by atoms with Gasteiger partial charge < -0.3 is 10.1 Å². The minimum atomic E-state index is -0.535. The molecule has 0 saturated carbocycles. The monoisotopic (exact) mass is 219 g/mol. The smallest absolute Gasteiger partial charge is 0.407 e. The van der Waals surface area contributed by atoms with Crippen molar-refractivity contribution >= 4 is 12.1 Å². The third-order valence-corrected chi connectivity index (χ3v) is 1.03. The van der Waals surface area contributed by atoms with Gasteiger partial charge in [0.1, 0.15) is 12.2 Å². The molecule has 88 valence electrons. The standard InChI is InChI=1S/C9H17NO5/c1-7(11)15-13-6-5-10-8(12)14-9(2,3)4/h5-6H2,1-4H3,(H,10,12). The van der Waals surface area contributed by atoms with Gasteiger partial charge in [0.05, 0.1) is 0 Å². The van der Waals surface area contributed by atoms with Crippen molar-refractivity contribution in [1.82, 2.24) is 5.32 Å². The Hall–Kier alpha value is -1.30. The molecule has 1 N–H and O–H groups in total. The van der Waals surface area contributed by atoms with E-state index in [0.717, 1.165) is 0 Å². The van der Waals surface area contributed by atoms with Crippen molar-refractivity contribution in [2.45, 2.75) is 33.3 Å². The van der Waals surface area contributed by atoms with E-state index in [1.807, 2.05) is 0 Å². The first-order valence-corrected chi connectivity index (χ1v) is 4.58. The molecule has 0 aliphatic carbocycles. The lowest BCUT2D eigenvalue weighted by atomic mass is 10.2. The topological polar surface area (TPSA) is 73.9 Å². The lowest BCUT2D eigenvalue weighted by molar-refractivity contribution is -0.268. The average molecular weight is 219 g/mol. The van der Waals surface area contributed by atoms with Crippen LogP contribution in [0.25, 0.3) is 0 Å². The van der Waals surface area contributed by atoms with Gasteiger partial charge in [-0.1, -0.05) is 0 Å². The first-order valence-electron chi connectivity index (χ1n) is 4.58. The zero-order valence-electron chi connectivity index (χ0n) is 9.46. The Bertz CT molecular complexity index is 221. The van der Waals surface area contributed by atoms with Crippen LogP contribution in [0.2, 0.25) is 0 Å². The van der Waals surface area contributed by atoms with Crippen LogP contribution in [-0.4, -0.2) is 30.8 Å². The second-order valence-electron chi connectivity index (χ2n) is 3.83. The number of ether oxygens (including phenoxy) is 1. The van der Waals surface area contributed by atoms with Gasteiger partial charge in [-0.3, -0.25) is 4.89 Å². The summed E-state index contributed by atoms with van der Waals surface area (Å²) in [5.41, 5.74) is -0.527. The summed E-state index contributed by atoms with van der Waals surface area (Å²) in [6.45, 7) is 6.81. The molecule has 15 heavy (non-hydrogen) atoms. The van der Waals surface area contributed by atoms with Crippen LogP contribution in [0.3, 0.4) is 0 Å². The molecule has 0 unspecified atom stereocenters. The molecule has 0 radical (unpaired) electrons. The maximum absolute atomic E-state index is 11.1. The summed E-state index contributed by atoms with van der Waals surface area (Å²) >= 11 is 0. The Morgan fingerprint density at radius 3 is 2.33 bits per heavy atom. The van der Waals surface area contributed by atoms with Crippen molar-refractivity contribution in [3.05, 3.63) is 0 Å². The average Bonchev–Trinajstić information content (AvgIpc) is 1.99. The second kappa shape index (κ2) is 6.23. The van der Waals surface area contributed by atoms with E-state index in [-0.39, 0.29) is 13.2 Å². The summed E-state index contributed by atoms with van der Waals surface area (Å²) in [5.74, 6) is -0.535. The SMILES string of the molecule is CC(=O)OOCCNC(=O)OC(C)(C)C. The van der Waals surface area contributed by atoms with Gasteiger partial charge in [0.2, 0.25) is 0 Å². The minimum Gasteiger partial charge on any atom is -0.444 e. The molecule has 0 spiro atoms. The highest BCUT2D eigenvalue weighted by molar-refractivity contribution is 5.67. The molecule has 6 nitrogen and oxygen atoms in total. The zero-order valence-corrected chi connectivity index (χ0v) is 9.46. The number of amides is 1. The molecule has 0 saturated heterocycles. The van der Waals surface area contributed by atoms with Crippen LogP contribution in [0, 0.1) is 0 Å². The molecular formula is C9H17NO5. The van der Waals surface area contributed by atoms with Gasteiger partial charge in [0.15, 0.2) is 0 Å². The number of nitrogens with one attached hydrogen (secondary N) is 1. The second-order valence-corrected chi connectivity index (χ2v) is 3.83. The van der Waals surface area contributed by atoms with E-state index in [9.17, 15) is 9.59 Å². The molecule has 0 aromatic heterocycles. The summed E-state index contributed by atoms with van der Waals surface area (Å²) in [6.07, 6.45) is -0.533. The fourth-order valence-electron chi connectivity index (χ4n) is 0.634. The van der Waals surface area contributed by atoms with E-state index in [1.165, 1.54) is 6.92 Å². The molecule has 0 aliphatic rings. The van der Waals surface area contributed by atoms with E-state index >= 15 is 0 Å². The van der Waals surface area contributed by atoms with E-state index in [0.29, 0.717) is 0 Å². The predicted molar refractivity (Wildman–Crippen MR) is 52.0 cm³/mol. The number of rotatable bonds is 4. The van der Waals surface area contributed by atoms with Crippen molar-refractivity contribution in [2.24, 2.45) is 0 Å². The van der Waals surface area contributed by atoms with E-state index in [1.54, 1.807) is 20.8 Å². The molecular weight excluding hydrogens is 202 g/mol. The quantitative estimate of drug-likeness (QED) is 0.434. The molecule has 0 rings (SSSR count). The summed E-state index contributed by atoms with van der Waals surface area (Å²) in [5, 5.41) is 2.44. The van der Waals surface area contributed by atoms with Gasteiger partial charge in [0.25, 0.3) is 0 Å². The van der Waals surface area contributed by atoms with E-state index in [4.69, 9.17) is 4.74 Å². The molecule has 0 heterocycles. The van der Waals surface area contributed by atoms with Crippen LogP contribution in [0.15, 0.2) is 0 Å². The van der Waals surface area contributed by atoms with Crippen molar-refractivity contribution in [3.8, 4) is 0 Å². The Morgan fingerprint density at radius 1 is 1.27 bits per heavy atom. The van der Waals surface area contributed by atoms with E-state index in [2.05, 4.69) is 15.1 Å². The fraction of sp³-hybridized carbons (Fsp3) is 0.778. The van der Waals surface area contributed by atoms with Crippen molar-refractivity contribution in [2.75, 3.05) is 13.2 Å². The van der Waals surface area contributed by atoms with Crippen molar-refractivity contribution in [3.63, 3.8) is 0 Å². The highest BCUT2D eigenvalue weighted by Gasteiger charge is 2.15. The van der Waals surface area contributed by atoms with Crippen molar-refractivity contribution < 1.29 is 24.1 Å². The van der Waals surface area contributed by atoms with Gasteiger partial charge in [-0.05, 0) is 20.8 Å². The fourth-order valence-corrected chi connectivity index (χ4v) is 0.634. The van der Waals surface area contributed by atoms with Crippen LogP contribution in [0.5, 0.6) is 0 Å². The van der Waals surface area contributed by atoms with Crippen LogP contribution in [-0.2, 0) is 19.3 Å². The van der Waals surface area contributed by atoms with Gasteiger partial charge in [0, 0.05) is 13.5 Å². The zero-order chi connectivity index (χ0) is 11.9. The van der Waals surface area contributed by atoms with Gasteiger partial charge in [-0.2, -0.15) is 4.89 Å². The van der Waals surface area contributed by atoms with Gasteiger partial charge in [-0.15, -0.1) is 0 Å². The molecule has 0 atom stereocenters. The van der Waals surface area contributed by atoms with Crippen LogP contribution >= 0.6 is 0 Å². The Labute approximate surface area is 88.8 Å². The van der Waals surface area contributed by atoms with Gasteiger partial charge >= 0.3 is 12.1 Å². The van der Waals surface area contributed by atoms with Crippen LogP contribution in [0.4, 0.5) is 4.79 Å². The third-order valence-electron chi connectivity index (χ3n) is 1.03. The van der Waals surface area contributed by atoms with E-state index < -0.39 is 17.7 Å². The molecule has 6 heteroatoms. The maximum atomic E-state index is 11.1. The summed E-state index contributed by atoms with van der Waals surface area (Å²) < 4.78 is 4.95. The molecule has 1 amide bonds. The number of hydrogen-bond donors (Lipinski definition) is 1. The molecule has 0 bridgehead atoms. The number of carbonyl (C=O) groups excluding carboxylic acids is 2. The largest absolute Gasteiger partial charge is 0.444 e. The third kappa shape index (κ3) is 10.6. The number of alkyl carbamates (subject to hydrolysis) is 1. The lowest BCUT2D eigenvalue weighted by Gasteiger charge is -2.19. The number of hydrogen-bond acceptors (Lipinski definition) is 5. The number of carbonyl (C=O) groups is 2. The van der Waals surface area contributed by atoms with Crippen LogP contribution in [0.1, 0.15) is 27.7 Å². The first kappa shape index (κ1) is 13.7. The Morgan fingerprint density at radius 2 is 1.87 bits per heavy atom. The maximum Gasteiger partial charge on any atom is 0.407 e. The first-order chi connectivity index (χ1) is 6.81.